The Hall–Kier alpha value is -2.14. The van der Waals surface area contributed by atoms with E-state index in [4.69, 9.17) is 10.5 Å². The van der Waals surface area contributed by atoms with Crippen LogP contribution in [0.2, 0.25) is 0 Å². The lowest BCUT2D eigenvalue weighted by atomic mass is 9.91. The zero-order valence-corrected chi connectivity index (χ0v) is 13.0. The van der Waals surface area contributed by atoms with E-state index in [1.54, 1.807) is 13.2 Å². The zero-order valence-electron chi connectivity index (χ0n) is 13.0. The third-order valence-electron chi connectivity index (χ3n) is 3.97. The summed E-state index contributed by atoms with van der Waals surface area (Å²) in [5, 5.41) is 2.72. The Kier molecular flexibility index (Phi) is 5.33. The Morgan fingerprint density at radius 1 is 1.45 bits per heavy atom. The van der Waals surface area contributed by atoms with Crippen LogP contribution in [0.25, 0.3) is 6.08 Å². The van der Waals surface area contributed by atoms with Gasteiger partial charge in [-0.3, -0.25) is 9.59 Å². The SMILES string of the molecule is COc1c(C)cccc1C=CC(=O)C1CCCNC(=O)C1N. The number of benzene rings is 1. The van der Waals surface area contributed by atoms with Crippen LogP contribution in [0.15, 0.2) is 24.3 Å². The first kappa shape index (κ1) is 16.2. The molecule has 0 aromatic heterocycles. The molecule has 1 heterocycles. The fourth-order valence-electron chi connectivity index (χ4n) is 2.71. The van der Waals surface area contributed by atoms with Crippen molar-refractivity contribution < 1.29 is 14.3 Å². The fourth-order valence-corrected chi connectivity index (χ4v) is 2.71. The first-order valence-corrected chi connectivity index (χ1v) is 7.43. The van der Waals surface area contributed by atoms with Gasteiger partial charge in [0, 0.05) is 18.0 Å². The van der Waals surface area contributed by atoms with Gasteiger partial charge in [0.15, 0.2) is 5.78 Å². The van der Waals surface area contributed by atoms with Crippen LogP contribution >= 0.6 is 0 Å². The Labute approximate surface area is 130 Å². The summed E-state index contributed by atoms with van der Waals surface area (Å²) in [5.41, 5.74) is 7.72. The minimum atomic E-state index is -0.779. The van der Waals surface area contributed by atoms with Crippen LogP contribution in [0.5, 0.6) is 5.75 Å². The molecule has 5 heteroatoms. The molecule has 1 aromatic rings. The molecule has 1 aliphatic heterocycles. The van der Waals surface area contributed by atoms with E-state index >= 15 is 0 Å². The summed E-state index contributed by atoms with van der Waals surface area (Å²) in [6.07, 6.45) is 4.61. The van der Waals surface area contributed by atoms with Gasteiger partial charge in [0.05, 0.1) is 13.2 Å². The monoisotopic (exact) mass is 302 g/mol. The first-order valence-electron chi connectivity index (χ1n) is 7.43. The summed E-state index contributed by atoms with van der Waals surface area (Å²) in [7, 11) is 1.60. The highest BCUT2D eigenvalue weighted by molar-refractivity contribution is 5.99. The van der Waals surface area contributed by atoms with E-state index in [2.05, 4.69) is 5.32 Å². The highest BCUT2D eigenvalue weighted by atomic mass is 16.5. The molecule has 1 aromatic carbocycles. The minimum absolute atomic E-state index is 0.117. The molecule has 0 radical (unpaired) electrons. The van der Waals surface area contributed by atoms with Crippen LogP contribution in [0.1, 0.15) is 24.0 Å². The third kappa shape index (κ3) is 3.54. The summed E-state index contributed by atoms with van der Waals surface area (Å²) in [4.78, 5) is 24.1. The molecule has 22 heavy (non-hydrogen) atoms. The van der Waals surface area contributed by atoms with E-state index in [9.17, 15) is 9.59 Å². The van der Waals surface area contributed by atoms with Crippen LogP contribution in [0.4, 0.5) is 0 Å². The van der Waals surface area contributed by atoms with Gasteiger partial charge in [-0.15, -0.1) is 0 Å². The molecule has 1 amide bonds. The van der Waals surface area contributed by atoms with Gasteiger partial charge < -0.3 is 15.8 Å². The van der Waals surface area contributed by atoms with Gasteiger partial charge in [0.25, 0.3) is 0 Å². The zero-order chi connectivity index (χ0) is 16.1. The second-order valence-corrected chi connectivity index (χ2v) is 5.50. The summed E-state index contributed by atoms with van der Waals surface area (Å²) >= 11 is 0. The van der Waals surface area contributed by atoms with Gasteiger partial charge in [-0.1, -0.05) is 18.2 Å². The standard InChI is InChI=1S/C17H22N2O3/c1-11-5-3-6-12(16(11)22-2)8-9-14(20)13-7-4-10-19-17(21)15(13)18/h3,5-6,8-9,13,15H,4,7,10,18H2,1-2H3,(H,19,21). The lowest BCUT2D eigenvalue weighted by Gasteiger charge is -2.16. The second-order valence-electron chi connectivity index (χ2n) is 5.50. The number of amides is 1. The van der Waals surface area contributed by atoms with Crippen LogP contribution in [0, 0.1) is 12.8 Å². The third-order valence-corrected chi connectivity index (χ3v) is 3.97. The highest BCUT2D eigenvalue weighted by Gasteiger charge is 2.30. The summed E-state index contributed by atoms with van der Waals surface area (Å²) in [5.74, 6) is -0.0884. The van der Waals surface area contributed by atoms with Gasteiger partial charge in [-0.2, -0.15) is 0 Å². The Morgan fingerprint density at radius 3 is 2.95 bits per heavy atom. The summed E-state index contributed by atoms with van der Waals surface area (Å²) < 4.78 is 5.36. The maximum atomic E-state index is 12.4. The van der Waals surface area contributed by atoms with Crippen LogP contribution in [0.3, 0.4) is 0 Å². The molecule has 0 saturated carbocycles. The predicted octanol–water partition coefficient (Wildman–Crippen LogP) is 1.44. The van der Waals surface area contributed by atoms with E-state index in [-0.39, 0.29) is 11.7 Å². The Morgan fingerprint density at radius 2 is 2.23 bits per heavy atom. The summed E-state index contributed by atoms with van der Waals surface area (Å²) in [6, 6.07) is 4.96. The van der Waals surface area contributed by atoms with Crippen LogP contribution in [-0.4, -0.2) is 31.4 Å². The molecular formula is C17H22N2O3. The van der Waals surface area contributed by atoms with Crippen molar-refractivity contribution in [1.29, 1.82) is 0 Å². The summed E-state index contributed by atoms with van der Waals surface area (Å²) in [6.45, 7) is 2.52. The maximum Gasteiger partial charge on any atom is 0.237 e. The number of hydrogen-bond acceptors (Lipinski definition) is 4. The van der Waals surface area contributed by atoms with Crippen molar-refractivity contribution in [2.75, 3.05) is 13.7 Å². The first-order chi connectivity index (χ1) is 10.5. The molecule has 0 aliphatic carbocycles. The molecule has 118 valence electrons. The molecule has 1 fully saturated rings. The van der Waals surface area contributed by atoms with E-state index < -0.39 is 12.0 Å². The second kappa shape index (κ2) is 7.22. The van der Waals surface area contributed by atoms with E-state index in [0.717, 1.165) is 23.3 Å². The van der Waals surface area contributed by atoms with E-state index in [0.29, 0.717) is 13.0 Å². The molecule has 3 N–H and O–H groups in total. The number of nitrogens with one attached hydrogen (secondary N) is 1. The van der Waals surface area contributed by atoms with Crippen molar-refractivity contribution in [3.63, 3.8) is 0 Å². The molecule has 2 atom stereocenters. The normalized spacial score (nSPS) is 22.2. The highest BCUT2D eigenvalue weighted by Crippen LogP contribution is 2.24. The van der Waals surface area contributed by atoms with Crippen molar-refractivity contribution in [3.8, 4) is 5.75 Å². The largest absolute Gasteiger partial charge is 0.496 e. The Bertz CT molecular complexity index is 596. The average Bonchev–Trinajstić information content (AvgIpc) is 2.67. The van der Waals surface area contributed by atoms with Crippen molar-refractivity contribution >= 4 is 17.8 Å². The number of hydrogen-bond donors (Lipinski definition) is 2. The van der Waals surface area contributed by atoms with Crippen LogP contribution in [-0.2, 0) is 9.59 Å². The molecule has 2 rings (SSSR count). The van der Waals surface area contributed by atoms with Crippen molar-refractivity contribution in [1.82, 2.24) is 5.32 Å². The smallest absolute Gasteiger partial charge is 0.237 e. The average molecular weight is 302 g/mol. The van der Waals surface area contributed by atoms with E-state index in [1.165, 1.54) is 6.08 Å². The number of allylic oxidation sites excluding steroid dienone is 1. The molecule has 1 aliphatic rings. The number of rotatable bonds is 4. The molecule has 5 nitrogen and oxygen atoms in total. The molecule has 0 spiro atoms. The lowest BCUT2D eigenvalue weighted by molar-refractivity contribution is -0.127. The number of aryl methyl sites for hydroxylation is 1. The van der Waals surface area contributed by atoms with Crippen molar-refractivity contribution in [2.45, 2.75) is 25.8 Å². The topological polar surface area (TPSA) is 81.4 Å². The van der Waals surface area contributed by atoms with Gasteiger partial charge in [0.1, 0.15) is 5.75 Å². The molecule has 2 unspecified atom stereocenters. The van der Waals surface area contributed by atoms with Gasteiger partial charge in [0.2, 0.25) is 5.91 Å². The van der Waals surface area contributed by atoms with Gasteiger partial charge >= 0.3 is 0 Å². The Balaban J connectivity index is 2.17. The van der Waals surface area contributed by atoms with Crippen molar-refractivity contribution in [2.24, 2.45) is 11.7 Å². The number of ether oxygens (including phenoxy) is 1. The number of carbonyl (C=O) groups excluding carboxylic acids is 2. The van der Waals surface area contributed by atoms with Crippen molar-refractivity contribution in [3.05, 3.63) is 35.4 Å². The molecule has 1 saturated heterocycles. The maximum absolute atomic E-state index is 12.4. The van der Waals surface area contributed by atoms with E-state index in [1.807, 2.05) is 25.1 Å². The fraction of sp³-hybridized carbons (Fsp3) is 0.412. The quantitative estimate of drug-likeness (QED) is 0.825. The van der Waals surface area contributed by atoms with Crippen LogP contribution < -0.4 is 15.8 Å². The molecular weight excluding hydrogens is 280 g/mol. The number of nitrogens with two attached hydrogens (primary N) is 1. The number of carbonyl (C=O) groups is 2. The lowest BCUT2D eigenvalue weighted by Crippen LogP contribution is -2.45. The minimum Gasteiger partial charge on any atom is -0.496 e. The number of methoxy groups -OCH3 is 1. The predicted molar refractivity (Wildman–Crippen MR) is 85.5 cm³/mol. The van der Waals surface area contributed by atoms with Gasteiger partial charge in [-0.05, 0) is 37.5 Å². The van der Waals surface area contributed by atoms with Gasteiger partial charge in [-0.25, -0.2) is 0 Å². The number of para-hydroxylation sites is 1. The molecule has 0 bridgehead atoms. The number of ketones is 1.